The van der Waals surface area contributed by atoms with Crippen LogP contribution in [-0.4, -0.2) is 44.8 Å². The van der Waals surface area contributed by atoms with Crippen molar-refractivity contribution >= 4 is 10.9 Å². The van der Waals surface area contributed by atoms with E-state index in [1.54, 1.807) is 14.2 Å². The lowest BCUT2D eigenvalue weighted by molar-refractivity contribution is 0.00543. The maximum absolute atomic E-state index is 9.56. The van der Waals surface area contributed by atoms with Gasteiger partial charge in [-0.1, -0.05) is 12.1 Å². The van der Waals surface area contributed by atoms with Gasteiger partial charge in [0, 0.05) is 41.4 Å². The first-order valence-corrected chi connectivity index (χ1v) is 10.1. The van der Waals surface area contributed by atoms with Gasteiger partial charge in [-0.3, -0.25) is 4.68 Å². The van der Waals surface area contributed by atoms with E-state index in [9.17, 15) is 5.26 Å². The number of benzene rings is 1. The largest absolute Gasteiger partial charge is 0.480 e. The van der Waals surface area contributed by atoms with Crippen molar-refractivity contribution in [2.75, 3.05) is 14.2 Å². The number of aryl methyl sites for hydroxylation is 1. The molecule has 4 rings (SSSR count). The van der Waals surface area contributed by atoms with Crippen LogP contribution in [0.15, 0.2) is 42.7 Å². The summed E-state index contributed by atoms with van der Waals surface area (Å²) < 4.78 is 12.5. The van der Waals surface area contributed by atoms with Crippen molar-refractivity contribution in [1.82, 2.24) is 25.0 Å². The van der Waals surface area contributed by atoms with Crippen molar-refractivity contribution in [3.8, 4) is 34.3 Å². The third kappa shape index (κ3) is 4.15. The van der Waals surface area contributed by atoms with Gasteiger partial charge >= 0.3 is 0 Å². The quantitative estimate of drug-likeness (QED) is 0.454. The number of rotatable bonds is 6. The fraction of sp³-hybridized carbons (Fsp3) is 0.292. The lowest BCUT2D eigenvalue weighted by Crippen LogP contribution is -2.29. The minimum Gasteiger partial charge on any atom is -0.480 e. The number of fused-ring (bicyclic) bond motifs is 1. The molecule has 0 radical (unpaired) electrons. The molecule has 8 nitrogen and oxygen atoms in total. The van der Waals surface area contributed by atoms with Crippen molar-refractivity contribution in [3.63, 3.8) is 0 Å². The van der Waals surface area contributed by atoms with Gasteiger partial charge in [-0.05, 0) is 38.5 Å². The third-order valence-corrected chi connectivity index (χ3v) is 5.41. The van der Waals surface area contributed by atoms with Crippen LogP contribution in [0, 0.1) is 18.3 Å². The van der Waals surface area contributed by atoms with Crippen molar-refractivity contribution < 1.29 is 9.47 Å². The standard InChI is InChI=1S/C24H24N6O2/c1-15-8-19(18-12-26-30(13-18)14-24(2,3)32-5)23(27-21(15)11-25)17-7-6-16-10-22(31-4)29-28-20(16)9-17/h6-10,12-13H,14H2,1-5H3. The van der Waals surface area contributed by atoms with E-state index in [2.05, 4.69) is 26.3 Å². The summed E-state index contributed by atoms with van der Waals surface area (Å²) in [6.45, 7) is 6.51. The predicted octanol–water partition coefficient (Wildman–Crippen LogP) is 4.17. The fourth-order valence-electron chi connectivity index (χ4n) is 3.47. The van der Waals surface area contributed by atoms with Crippen LogP contribution in [-0.2, 0) is 11.3 Å². The first-order valence-electron chi connectivity index (χ1n) is 10.1. The summed E-state index contributed by atoms with van der Waals surface area (Å²) >= 11 is 0. The highest BCUT2D eigenvalue weighted by molar-refractivity contribution is 5.88. The zero-order valence-corrected chi connectivity index (χ0v) is 18.7. The third-order valence-electron chi connectivity index (χ3n) is 5.41. The first-order chi connectivity index (χ1) is 15.3. The van der Waals surface area contributed by atoms with Crippen molar-refractivity contribution in [2.45, 2.75) is 32.9 Å². The van der Waals surface area contributed by atoms with Crippen LogP contribution in [0.3, 0.4) is 0 Å². The molecule has 3 aromatic heterocycles. The number of methoxy groups -OCH3 is 2. The maximum atomic E-state index is 9.56. The molecule has 0 aliphatic heterocycles. The molecule has 0 unspecified atom stereocenters. The Bertz CT molecular complexity index is 1340. The van der Waals surface area contributed by atoms with E-state index in [0.29, 0.717) is 29.3 Å². The Morgan fingerprint density at radius 3 is 2.62 bits per heavy atom. The molecule has 0 aliphatic rings. The summed E-state index contributed by atoms with van der Waals surface area (Å²) in [6.07, 6.45) is 3.78. The molecule has 0 saturated carbocycles. The first kappa shape index (κ1) is 21.4. The van der Waals surface area contributed by atoms with Gasteiger partial charge in [-0.2, -0.15) is 10.4 Å². The van der Waals surface area contributed by atoms with Crippen molar-refractivity contribution in [2.24, 2.45) is 0 Å². The Morgan fingerprint density at radius 1 is 1.09 bits per heavy atom. The molecule has 0 amide bonds. The minimum absolute atomic E-state index is 0.344. The number of hydrogen-bond acceptors (Lipinski definition) is 7. The van der Waals surface area contributed by atoms with E-state index in [-0.39, 0.29) is 5.60 Å². The summed E-state index contributed by atoms with van der Waals surface area (Å²) in [5.74, 6) is 0.456. The highest BCUT2D eigenvalue weighted by Gasteiger charge is 2.20. The average molecular weight is 428 g/mol. The highest BCUT2D eigenvalue weighted by atomic mass is 16.5. The molecule has 1 aromatic carbocycles. The fourth-order valence-corrected chi connectivity index (χ4v) is 3.47. The van der Waals surface area contributed by atoms with E-state index in [0.717, 1.165) is 27.6 Å². The van der Waals surface area contributed by atoms with E-state index < -0.39 is 0 Å². The molecule has 0 N–H and O–H groups in total. The number of ether oxygens (including phenoxy) is 2. The Kier molecular flexibility index (Phi) is 5.59. The summed E-state index contributed by atoms with van der Waals surface area (Å²) in [5, 5.41) is 23.3. The van der Waals surface area contributed by atoms with Gasteiger partial charge in [0.15, 0.2) is 0 Å². The van der Waals surface area contributed by atoms with Gasteiger partial charge in [0.05, 0.1) is 36.7 Å². The van der Waals surface area contributed by atoms with Crippen LogP contribution in [0.1, 0.15) is 25.1 Å². The molecular formula is C24H24N6O2. The number of pyridine rings is 1. The molecule has 0 atom stereocenters. The monoisotopic (exact) mass is 428 g/mol. The van der Waals surface area contributed by atoms with Gasteiger partial charge < -0.3 is 9.47 Å². The Morgan fingerprint density at radius 2 is 1.91 bits per heavy atom. The molecule has 3 heterocycles. The van der Waals surface area contributed by atoms with Crippen LogP contribution in [0.2, 0.25) is 0 Å². The van der Waals surface area contributed by atoms with Gasteiger partial charge in [0.25, 0.3) is 0 Å². The van der Waals surface area contributed by atoms with Crippen LogP contribution in [0.25, 0.3) is 33.3 Å². The zero-order valence-electron chi connectivity index (χ0n) is 18.7. The molecule has 4 aromatic rings. The average Bonchev–Trinajstić information content (AvgIpc) is 3.25. The van der Waals surface area contributed by atoms with E-state index in [1.165, 1.54) is 0 Å². The number of hydrogen-bond donors (Lipinski definition) is 0. The summed E-state index contributed by atoms with van der Waals surface area (Å²) in [5.41, 5.74) is 4.90. The van der Waals surface area contributed by atoms with Gasteiger partial charge in [-0.25, -0.2) is 4.98 Å². The smallest absolute Gasteiger partial charge is 0.233 e. The molecule has 0 saturated heterocycles. The van der Waals surface area contributed by atoms with Crippen LogP contribution >= 0.6 is 0 Å². The lowest BCUT2D eigenvalue weighted by Gasteiger charge is -2.22. The molecule has 0 bridgehead atoms. The summed E-state index contributed by atoms with van der Waals surface area (Å²) in [7, 11) is 3.25. The van der Waals surface area contributed by atoms with E-state index in [1.807, 2.05) is 68.2 Å². The second-order valence-electron chi connectivity index (χ2n) is 8.21. The lowest BCUT2D eigenvalue weighted by atomic mass is 9.98. The van der Waals surface area contributed by atoms with Gasteiger partial charge in [-0.15, -0.1) is 10.2 Å². The van der Waals surface area contributed by atoms with Crippen LogP contribution in [0.5, 0.6) is 5.88 Å². The molecule has 0 fully saturated rings. The molecule has 162 valence electrons. The molecule has 8 heteroatoms. The minimum atomic E-state index is -0.344. The Labute approximate surface area is 186 Å². The zero-order chi connectivity index (χ0) is 22.9. The van der Waals surface area contributed by atoms with Crippen LogP contribution in [0.4, 0.5) is 0 Å². The molecule has 0 spiro atoms. The van der Waals surface area contributed by atoms with E-state index >= 15 is 0 Å². The summed E-state index contributed by atoms with van der Waals surface area (Å²) in [4.78, 5) is 4.68. The van der Waals surface area contributed by atoms with Gasteiger partial charge in [0.1, 0.15) is 11.8 Å². The summed E-state index contributed by atoms with van der Waals surface area (Å²) in [6, 6.07) is 11.8. The Balaban J connectivity index is 1.83. The van der Waals surface area contributed by atoms with Crippen LogP contribution < -0.4 is 4.74 Å². The van der Waals surface area contributed by atoms with Gasteiger partial charge in [0.2, 0.25) is 5.88 Å². The van der Waals surface area contributed by atoms with Crippen molar-refractivity contribution in [3.05, 3.63) is 54.0 Å². The topological polar surface area (TPSA) is 98.7 Å². The molecule has 32 heavy (non-hydrogen) atoms. The van der Waals surface area contributed by atoms with Crippen molar-refractivity contribution in [1.29, 1.82) is 5.26 Å². The SMILES string of the molecule is COc1cc2ccc(-c3nc(C#N)c(C)cc3-c3cnn(CC(C)(C)OC)c3)cc2nn1. The maximum Gasteiger partial charge on any atom is 0.233 e. The highest BCUT2D eigenvalue weighted by Crippen LogP contribution is 2.33. The predicted molar refractivity (Wildman–Crippen MR) is 121 cm³/mol. The second kappa shape index (κ2) is 8.36. The normalized spacial score (nSPS) is 11.5. The Hall–Kier alpha value is -3.83. The van der Waals surface area contributed by atoms with E-state index in [4.69, 9.17) is 9.47 Å². The molecular weight excluding hydrogens is 404 g/mol. The number of nitrogens with zero attached hydrogens (tertiary/aromatic N) is 6. The molecule has 0 aliphatic carbocycles. The number of aromatic nitrogens is 5. The second-order valence-corrected chi connectivity index (χ2v) is 8.21. The number of nitriles is 1.